The zero-order valence-electron chi connectivity index (χ0n) is 11.1. The van der Waals surface area contributed by atoms with Crippen LogP contribution in [0.2, 0.25) is 0 Å². The van der Waals surface area contributed by atoms with E-state index in [-0.39, 0.29) is 12.2 Å². The molecule has 0 saturated heterocycles. The number of anilines is 1. The van der Waals surface area contributed by atoms with Crippen LogP contribution in [0.15, 0.2) is 12.7 Å². The summed E-state index contributed by atoms with van der Waals surface area (Å²) < 4.78 is 4.83. The van der Waals surface area contributed by atoms with Gasteiger partial charge < -0.3 is 9.84 Å². The molecule has 5 nitrogen and oxygen atoms in total. The predicted octanol–water partition coefficient (Wildman–Crippen LogP) is 3.45. The van der Waals surface area contributed by atoms with E-state index in [1.807, 2.05) is 0 Å². The largest absolute Gasteiger partial charge is 0.478 e. The summed E-state index contributed by atoms with van der Waals surface area (Å²) in [6.45, 7) is 3.55. The van der Waals surface area contributed by atoms with Crippen molar-refractivity contribution in [2.45, 2.75) is 32.1 Å². The van der Waals surface area contributed by atoms with E-state index in [0.29, 0.717) is 5.00 Å². The van der Waals surface area contributed by atoms with Crippen LogP contribution in [0, 0.1) is 0 Å². The number of fused-ring (bicyclic) bond motifs is 1. The van der Waals surface area contributed by atoms with E-state index < -0.39 is 12.1 Å². The van der Waals surface area contributed by atoms with E-state index in [1.165, 1.54) is 17.4 Å². The predicted molar refractivity (Wildman–Crippen MR) is 77.7 cm³/mol. The third-order valence-electron chi connectivity index (χ3n) is 3.18. The average Bonchev–Trinajstić information content (AvgIpc) is 2.58. The monoisotopic (exact) mass is 295 g/mol. The van der Waals surface area contributed by atoms with Gasteiger partial charge in [-0.1, -0.05) is 19.1 Å². The second kappa shape index (κ2) is 6.56. The van der Waals surface area contributed by atoms with Crippen molar-refractivity contribution in [2.75, 3.05) is 11.9 Å². The van der Waals surface area contributed by atoms with Gasteiger partial charge in [0, 0.05) is 4.88 Å². The zero-order chi connectivity index (χ0) is 14.5. The quantitative estimate of drug-likeness (QED) is 0.659. The van der Waals surface area contributed by atoms with Gasteiger partial charge in [0.25, 0.3) is 0 Å². The van der Waals surface area contributed by atoms with Crippen LogP contribution in [-0.2, 0) is 17.6 Å². The Bertz CT molecular complexity index is 536. The average molecular weight is 295 g/mol. The molecule has 0 radical (unpaired) electrons. The number of carboxylic acid groups (broad SMARTS) is 1. The summed E-state index contributed by atoms with van der Waals surface area (Å²) in [7, 11) is 0. The molecule has 0 fully saturated rings. The Morgan fingerprint density at radius 2 is 2.10 bits per heavy atom. The van der Waals surface area contributed by atoms with Crippen LogP contribution in [0.1, 0.15) is 40.1 Å². The number of ether oxygens (including phenoxy) is 1. The van der Waals surface area contributed by atoms with Gasteiger partial charge in [-0.2, -0.15) is 0 Å². The number of aryl methyl sites for hydroxylation is 1. The molecule has 1 aliphatic carbocycles. The number of carbonyl (C=O) groups excluding carboxylic acids is 1. The van der Waals surface area contributed by atoms with Gasteiger partial charge in [-0.25, -0.2) is 9.59 Å². The molecule has 2 rings (SSSR count). The van der Waals surface area contributed by atoms with Crippen LogP contribution in [0.4, 0.5) is 9.80 Å². The van der Waals surface area contributed by atoms with E-state index in [0.717, 1.165) is 42.5 Å². The number of carbonyl (C=O) groups is 2. The number of carboxylic acids is 1. The number of hydrogen-bond donors (Lipinski definition) is 2. The lowest BCUT2D eigenvalue weighted by Gasteiger charge is -2.05. The first-order valence-corrected chi connectivity index (χ1v) is 7.37. The van der Waals surface area contributed by atoms with Crippen LogP contribution < -0.4 is 5.32 Å². The van der Waals surface area contributed by atoms with Crippen molar-refractivity contribution >= 4 is 28.4 Å². The Morgan fingerprint density at radius 3 is 2.80 bits per heavy atom. The highest BCUT2D eigenvalue weighted by Gasteiger charge is 2.25. The Morgan fingerprint density at radius 1 is 1.35 bits per heavy atom. The van der Waals surface area contributed by atoms with E-state index in [4.69, 9.17) is 4.74 Å². The van der Waals surface area contributed by atoms with E-state index in [2.05, 4.69) is 11.9 Å². The fourth-order valence-corrected chi connectivity index (χ4v) is 3.59. The summed E-state index contributed by atoms with van der Waals surface area (Å²) in [5.74, 6) is -0.997. The van der Waals surface area contributed by atoms with E-state index in [9.17, 15) is 14.7 Å². The van der Waals surface area contributed by atoms with Crippen LogP contribution in [0.25, 0.3) is 0 Å². The highest BCUT2D eigenvalue weighted by Crippen LogP contribution is 2.37. The van der Waals surface area contributed by atoms with Crippen molar-refractivity contribution in [1.29, 1.82) is 0 Å². The molecule has 1 aromatic rings. The van der Waals surface area contributed by atoms with Crippen LogP contribution in [0.3, 0.4) is 0 Å². The third-order valence-corrected chi connectivity index (χ3v) is 4.39. The van der Waals surface area contributed by atoms with Gasteiger partial charge in [0.2, 0.25) is 0 Å². The summed E-state index contributed by atoms with van der Waals surface area (Å²) in [5.41, 5.74) is 1.10. The van der Waals surface area contributed by atoms with Crippen LogP contribution >= 0.6 is 11.3 Å². The molecule has 0 aromatic carbocycles. The van der Waals surface area contributed by atoms with Crippen LogP contribution in [0.5, 0.6) is 0 Å². The van der Waals surface area contributed by atoms with Gasteiger partial charge in [0.15, 0.2) is 0 Å². The second-order valence-corrected chi connectivity index (χ2v) is 5.69. The molecule has 0 aliphatic heterocycles. The molecule has 108 valence electrons. The molecular weight excluding hydrogens is 278 g/mol. The Labute approximate surface area is 121 Å². The van der Waals surface area contributed by atoms with Crippen molar-refractivity contribution in [3.05, 3.63) is 28.7 Å². The molecule has 0 unspecified atom stereocenters. The van der Waals surface area contributed by atoms with Gasteiger partial charge in [-0.3, -0.25) is 5.32 Å². The zero-order valence-corrected chi connectivity index (χ0v) is 11.9. The summed E-state index contributed by atoms with van der Waals surface area (Å²) in [5, 5.41) is 12.3. The highest BCUT2D eigenvalue weighted by molar-refractivity contribution is 7.17. The maximum atomic E-state index is 11.6. The Hall–Kier alpha value is -1.82. The van der Waals surface area contributed by atoms with Gasteiger partial charge in [0.1, 0.15) is 11.6 Å². The first kappa shape index (κ1) is 14.6. The minimum atomic E-state index is -0.997. The molecule has 1 amide bonds. The maximum Gasteiger partial charge on any atom is 0.412 e. The first-order chi connectivity index (χ1) is 9.63. The van der Waals surface area contributed by atoms with Crippen molar-refractivity contribution in [3.63, 3.8) is 0 Å². The lowest BCUT2D eigenvalue weighted by atomic mass is 10.1. The highest BCUT2D eigenvalue weighted by atomic mass is 32.1. The topological polar surface area (TPSA) is 75.6 Å². The Kier molecular flexibility index (Phi) is 4.79. The number of rotatable bonds is 4. The normalized spacial score (nSPS) is 14.0. The lowest BCUT2D eigenvalue weighted by molar-refractivity contribution is 0.0697. The van der Waals surface area contributed by atoms with E-state index in [1.54, 1.807) is 0 Å². The minimum Gasteiger partial charge on any atom is -0.478 e. The summed E-state index contributed by atoms with van der Waals surface area (Å²) in [4.78, 5) is 24.1. The molecule has 6 heteroatoms. The molecule has 1 aromatic heterocycles. The molecule has 0 bridgehead atoms. The number of amides is 1. The standard InChI is InChI=1S/C14H17NO4S/c1-2-8-19-14(18)15-12-11(13(16)17)9-6-4-3-5-7-10(9)20-12/h2H,1,3-8H2,(H,15,18)(H,16,17). The van der Waals surface area contributed by atoms with Crippen molar-refractivity contribution in [2.24, 2.45) is 0 Å². The maximum absolute atomic E-state index is 11.6. The molecular formula is C14H17NO4S. The lowest BCUT2D eigenvalue weighted by Crippen LogP contribution is -2.15. The Balaban J connectivity index is 2.26. The fraction of sp³-hybridized carbons (Fsp3) is 0.429. The van der Waals surface area contributed by atoms with E-state index >= 15 is 0 Å². The molecule has 0 atom stereocenters. The number of thiophene rings is 1. The van der Waals surface area contributed by atoms with Gasteiger partial charge in [0.05, 0.1) is 5.56 Å². The molecule has 1 heterocycles. The minimum absolute atomic E-state index is 0.0966. The molecule has 0 saturated carbocycles. The number of hydrogen-bond acceptors (Lipinski definition) is 4. The van der Waals surface area contributed by atoms with Gasteiger partial charge in [-0.15, -0.1) is 11.3 Å². The van der Waals surface area contributed by atoms with Gasteiger partial charge in [-0.05, 0) is 31.2 Å². The van der Waals surface area contributed by atoms with Crippen LogP contribution in [-0.4, -0.2) is 23.8 Å². The number of aromatic carboxylic acids is 1. The molecule has 20 heavy (non-hydrogen) atoms. The van der Waals surface area contributed by atoms with Gasteiger partial charge >= 0.3 is 12.1 Å². The van der Waals surface area contributed by atoms with Crippen molar-refractivity contribution < 1.29 is 19.4 Å². The van der Waals surface area contributed by atoms with Crippen molar-refractivity contribution in [1.82, 2.24) is 0 Å². The molecule has 2 N–H and O–H groups in total. The smallest absolute Gasteiger partial charge is 0.412 e. The van der Waals surface area contributed by atoms with Crippen molar-refractivity contribution in [3.8, 4) is 0 Å². The third kappa shape index (κ3) is 3.19. The second-order valence-electron chi connectivity index (χ2n) is 4.59. The summed E-state index contributed by atoms with van der Waals surface area (Å²) in [6, 6.07) is 0. The molecule has 0 spiro atoms. The fourth-order valence-electron chi connectivity index (χ4n) is 2.32. The molecule has 1 aliphatic rings. The summed E-state index contributed by atoms with van der Waals surface area (Å²) in [6.07, 6.45) is 5.62. The summed E-state index contributed by atoms with van der Waals surface area (Å²) >= 11 is 1.35. The first-order valence-electron chi connectivity index (χ1n) is 6.56. The number of nitrogens with one attached hydrogen (secondary N) is 1. The SMILES string of the molecule is C=CCOC(=O)Nc1sc2c(c1C(=O)O)CCCCC2.